The highest BCUT2D eigenvalue weighted by Crippen LogP contribution is 2.09. The summed E-state index contributed by atoms with van der Waals surface area (Å²) in [5, 5.41) is 11.4. The number of carbonyl (C=O) groups is 2. The summed E-state index contributed by atoms with van der Waals surface area (Å²) in [6, 6.07) is 9.60. The number of nitrogens with one attached hydrogen (secondary N) is 1. The first kappa shape index (κ1) is 15.2. The predicted octanol–water partition coefficient (Wildman–Crippen LogP) is 2.24. The van der Waals surface area contributed by atoms with E-state index >= 15 is 0 Å². The number of rotatable bonds is 8. The first-order valence-corrected chi connectivity index (χ1v) is 6.60. The van der Waals surface area contributed by atoms with Gasteiger partial charge in [0.2, 0.25) is 5.91 Å². The minimum absolute atomic E-state index is 0.0108. The highest BCUT2D eigenvalue weighted by atomic mass is 16.4. The second-order valence-electron chi connectivity index (χ2n) is 4.84. The molecule has 1 unspecified atom stereocenters. The molecule has 1 amide bonds. The molecule has 0 saturated carbocycles. The quantitative estimate of drug-likeness (QED) is 0.756. The number of hydrogen-bond donors (Lipinski definition) is 2. The minimum atomic E-state index is -0.764. The molecule has 1 aromatic carbocycles. The molecule has 0 fully saturated rings. The number of benzene rings is 1. The Balaban J connectivity index is 2.15. The Kier molecular flexibility index (Phi) is 6.64. The average Bonchev–Trinajstić information content (AvgIpc) is 2.37. The molecular formula is C15H21NO3. The molecule has 0 saturated heterocycles. The van der Waals surface area contributed by atoms with Crippen LogP contribution in [0.2, 0.25) is 0 Å². The van der Waals surface area contributed by atoms with E-state index in [1.807, 2.05) is 37.3 Å². The lowest BCUT2D eigenvalue weighted by Crippen LogP contribution is -2.27. The van der Waals surface area contributed by atoms with Crippen LogP contribution in [0.3, 0.4) is 0 Å². The maximum atomic E-state index is 11.7. The van der Waals surface area contributed by atoms with Crippen molar-refractivity contribution >= 4 is 11.9 Å². The minimum Gasteiger partial charge on any atom is -0.481 e. The Labute approximate surface area is 113 Å². The zero-order valence-electron chi connectivity index (χ0n) is 11.3. The number of carbonyl (C=O) groups excluding carboxylic acids is 1. The van der Waals surface area contributed by atoms with E-state index in [1.165, 1.54) is 0 Å². The molecule has 0 radical (unpaired) electrons. The molecule has 2 N–H and O–H groups in total. The van der Waals surface area contributed by atoms with Crippen molar-refractivity contribution in [2.75, 3.05) is 6.54 Å². The van der Waals surface area contributed by atoms with E-state index in [0.29, 0.717) is 25.3 Å². The van der Waals surface area contributed by atoms with Gasteiger partial charge < -0.3 is 10.4 Å². The van der Waals surface area contributed by atoms with Gasteiger partial charge in [-0.1, -0.05) is 37.3 Å². The third-order valence-corrected chi connectivity index (χ3v) is 3.02. The topological polar surface area (TPSA) is 66.4 Å². The third-order valence-electron chi connectivity index (χ3n) is 3.02. The van der Waals surface area contributed by atoms with Gasteiger partial charge in [-0.15, -0.1) is 0 Å². The monoisotopic (exact) mass is 263 g/mol. The van der Waals surface area contributed by atoms with Crippen molar-refractivity contribution in [1.82, 2.24) is 5.32 Å². The largest absolute Gasteiger partial charge is 0.481 e. The van der Waals surface area contributed by atoms with Crippen LogP contribution in [-0.2, 0) is 16.0 Å². The summed E-state index contributed by atoms with van der Waals surface area (Å²) in [6.45, 7) is 2.61. The predicted molar refractivity (Wildman–Crippen MR) is 73.8 cm³/mol. The maximum absolute atomic E-state index is 11.7. The second-order valence-corrected chi connectivity index (χ2v) is 4.84. The fourth-order valence-electron chi connectivity index (χ4n) is 1.82. The standard InChI is InChI=1S/C15H21NO3/c1-12(7-8-15(18)19)9-10-16-14(17)11-13-5-3-2-4-6-13/h2-6,12H,7-11H2,1H3,(H,16,17)(H,18,19). The van der Waals surface area contributed by atoms with E-state index < -0.39 is 5.97 Å². The summed E-state index contributed by atoms with van der Waals surface area (Å²) in [7, 11) is 0. The Morgan fingerprint density at radius 1 is 1.21 bits per heavy atom. The van der Waals surface area contributed by atoms with Crippen molar-refractivity contribution in [3.8, 4) is 0 Å². The zero-order valence-corrected chi connectivity index (χ0v) is 11.3. The van der Waals surface area contributed by atoms with Crippen LogP contribution in [-0.4, -0.2) is 23.5 Å². The normalized spacial score (nSPS) is 11.8. The number of carboxylic acid groups (broad SMARTS) is 1. The van der Waals surface area contributed by atoms with Crippen LogP contribution in [0, 0.1) is 5.92 Å². The van der Waals surface area contributed by atoms with Crippen molar-refractivity contribution in [2.24, 2.45) is 5.92 Å². The summed E-state index contributed by atoms with van der Waals surface area (Å²) in [4.78, 5) is 22.1. The van der Waals surface area contributed by atoms with E-state index in [1.54, 1.807) is 0 Å². The van der Waals surface area contributed by atoms with Gasteiger partial charge in [-0.05, 0) is 24.3 Å². The van der Waals surface area contributed by atoms with Crippen LogP contribution in [0.15, 0.2) is 30.3 Å². The van der Waals surface area contributed by atoms with Crippen molar-refractivity contribution < 1.29 is 14.7 Å². The zero-order chi connectivity index (χ0) is 14.1. The van der Waals surface area contributed by atoms with Crippen LogP contribution < -0.4 is 5.32 Å². The van der Waals surface area contributed by atoms with Gasteiger partial charge in [0.25, 0.3) is 0 Å². The Hall–Kier alpha value is -1.84. The average molecular weight is 263 g/mol. The molecule has 0 aromatic heterocycles. The lowest BCUT2D eigenvalue weighted by Gasteiger charge is -2.10. The molecule has 0 bridgehead atoms. The molecular weight excluding hydrogens is 242 g/mol. The second kappa shape index (κ2) is 8.29. The van der Waals surface area contributed by atoms with Gasteiger partial charge in [-0.25, -0.2) is 0 Å². The van der Waals surface area contributed by atoms with Crippen LogP contribution in [0.4, 0.5) is 0 Å². The van der Waals surface area contributed by atoms with Crippen molar-refractivity contribution in [1.29, 1.82) is 0 Å². The Bertz CT molecular complexity index is 403. The molecule has 0 aliphatic heterocycles. The molecule has 1 atom stereocenters. The highest BCUT2D eigenvalue weighted by Gasteiger charge is 2.07. The van der Waals surface area contributed by atoms with Crippen molar-refractivity contribution in [3.63, 3.8) is 0 Å². The molecule has 19 heavy (non-hydrogen) atoms. The molecule has 0 aliphatic rings. The third kappa shape index (κ3) is 7.24. The Morgan fingerprint density at radius 2 is 1.89 bits per heavy atom. The number of carboxylic acids is 1. The number of amides is 1. The van der Waals surface area contributed by atoms with Gasteiger partial charge in [0.1, 0.15) is 0 Å². The van der Waals surface area contributed by atoms with Gasteiger partial charge in [0, 0.05) is 13.0 Å². The van der Waals surface area contributed by atoms with Crippen molar-refractivity contribution in [3.05, 3.63) is 35.9 Å². The lowest BCUT2D eigenvalue weighted by atomic mass is 10.0. The van der Waals surface area contributed by atoms with Crippen LogP contribution in [0.5, 0.6) is 0 Å². The molecule has 0 aliphatic carbocycles. The fraction of sp³-hybridized carbons (Fsp3) is 0.467. The van der Waals surface area contributed by atoms with Crippen molar-refractivity contribution in [2.45, 2.75) is 32.6 Å². The molecule has 4 nitrogen and oxygen atoms in total. The highest BCUT2D eigenvalue weighted by molar-refractivity contribution is 5.78. The van der Waals surface area contributed by atoms with E-state index in [9.17, 15) is 9.59 Å². The van der Waals surface area contributed by atoms with Crippen LogP contribution >= 0.6 is 0 Å². The van der Waals surface area contributed by atoms with Gasteiger partial charge in [-0.2, -0.15) is 0 Å². The molecule has 0 heterocycles. The summed E-state index contributed by atoms with van der Waals surface area (Å²) in [5.74, 6) is -0.440. The number of aliphatic carboxylic acids is 1. The van der Waals surface area contributed by atoms with E-state index in [4.69, 9.17) is 5.11 Å². The van der Waals surface area contributed by atoms with E-state index in [2.05, 4.69) is 5.32 Å². The van der Waals surface area contributed by atoms with Gasteiger partial charge in [0.05, 0.1) is 6.42 Å². The van der Waals surface area contributed by atoms with Gasteiger partial charge in [0.15, 0.2) is 0 Å². The molecule has 1 rings (SSSR count). The molecule has 0 spiro atoms. The van der Waals surface area contributed by atoms with E-state index in [-0.39, 0.29) is 12.3 Å². The smallest absolute Gasteiger partial charge is 0.303 e. The fourth-order valence-corrected chi connectivity index (χ4v) is 1.82. The van der Waals surface area contributed by atoms with Gasteiger partial charge in [-0.3, -0.25) is 9.59 Å². The maximum Gasteiger partial charge on any atom is 0.303 e. The van der Waals surface area contributed by atoms with E-state index in [0.717, 1.165) is 12.0 Å². The van der Waals surface area contributed by atoms with Gasteiger partial charge >= 0.3 is 5.97 Å². The van der Waals surface area contributed by atoms with Crippen LogP contribution in [0.1, 0.15) is 31.7 Å². The molecule has 1 aromatic rings. The summed E-state index contributed by atoms with van der Waals surface area (Å²) in [6.07, 6.45) is 2.06. The van der Waals surface area contributed by atoms with Crippen LogP contribution in [0.25, 0.3) is 0 Å². The molecule has 104 valence electrons. The first-order chi connectivity index (χ1) is 9.08. The SMILES string of the molecule is CC(CCNC(=O)Cc1ccccc1)CCC(=O)O. The summed E-state index contributed by atoms with van der Waals surface area (Å²) < 4.78 is 0. The Morgan fingerprint density at radius 3 is 2.53 bits per heavy atom. The number of hydrogen-bond acceptors (Lipinski definition) is 2. The lowest BCUT2D eigenvalue weighted by molar-refractivity contribution is -0.137. The first-order valence-electron chi connectivity index (χ1n) is 6.60. The molecule has 4 heteroatoms. The summed E-state index contributed by atoms with van der Waals surface area (Å²) >= 11 is 0. The summed E-state index contributed by atoms with van der Waals surface area (Å²) in [5.41, 5.74) is 0.999.